The van der Waals surface area contributed by atoms with Crippen molar-refractivity contribution in [3.63, 3.8) is 0 Å². The lowest BCUT2D eigenvalue weighted by atomic mass is 10.1. The molecule has 0 spiro atoms. The molecular weight excluding hydrogens is 264 g/mol. The second-order valence-corrected chi connectivity index (χ2v) is 4.99. The SMILES string of the molecule is COc1cccc(C(=O)NC(C)Cc2ccccc2)c1N. The predicted molar refractivity (Wildman–Crippen MR) is 84.5 cm³/mol. The molecule has 0 radical (unpaired) electrons. The van der Waals surface area contributed by atoms with Crippen LogP contribution in [0.25, 0.3) is 0 Å². The summed E-state index contributed by atoms with van der Waals surface area (Å²) in [5, 5.41) is 2.96. The first-order chi connectivity index (χ1) is 10.1. The zero-order valence-electron chi connectivity index (χ0n) is 12.3. The number of nitrogen functional groups attached to an aromatic ring is 1. The fraction of sp³-hybridized carbons (Fsp3) is 0.235. The average molecular weight is 284 g/mol. The first-order valence-electron chi connectivity index (χ1n) is 6.89. The van der Waals surface area contributed by atoms with Gasteiger partial charge < -0.3 is 15.8 Å². The molecule has 0 bridgehead atoms. The zero-order valence-corrected chi connectivity index (χ0v) is 12.3. The Balaban J connectivity index is 2.04. The first kappa shape index (κ1) is 14.9. The summed E-state index contributed by atoms with van der Waals surface area (Å²) in [5.41, 5.74) is 7.93. The molecule has 0 heterocycles. The number of amides is 1. The summed E-state index contributed by atoms with van der Waals surface area (Å²) in [7, 11) is 1.53. The Morgan fingerprint density at radius 2 is 1.90 bits per heavy atom. The third kappa shape index (κ3) is 3.75. The van der Waals surface area contributed by atoms with Crippen LogP contribution in [0.3, 0.4) is 0 Å². The number of para-hydroxylation sites is 1. The highest BCUT2D eigenvalue weighted by Gasteiger charge is 2.15. The van der Waals surface area contributed by atoms with E-state index in [9.17, 15) is 4.79 Å². The van der Waals surface area contributed by atoms with E-state index in [0.717, 1.165) is 6.42 Å². The first-order valence-corrected chi connectivity index (χ1v) is 6.89. The van der Waals surface area contributed by atoms with E-state index in [4.69, 9.17) is 10.5 Å². The lowest BCUT2D eigenvalue weighted by Crippen LogP contribution is -2.34. The van der Waals surface area contributed by atoms with E-state index in [2.05, 4.69) is 5.32 Å². The molecule has 3 N–H and O–H groups in total. The molecule has 0 aromatic heterocycles. The number of methoxy groups -OCH3 is 1. The highest BCUT2D eigenvalue weighted by molar-refractivity contribution is 6.00. The van der Waals surface area contributed by atoms with E-state index in [0.29, 0.717) is 17.0 Å². The van der Waals surface area contributed by atoms with Crippen LogP contribution in [0.4, 0.5) is 5.69 Å². The van der Waals surface area contributed by atoms with Gasteiger partial charge >= 0.3 is 0 Å². The van der Waals surface area contributed by atoms with Crippen LogP contribution in [0.15, 0.2) is 48.5 Å². The van der Waals surface area contributed by atoms with Crippen molar-refractivity contribution in [3.05, 3.63) is 59.7 Å². The number of hydrogen-bond donors (Lipinski definition) is 2. The molecule has 1 unspecified atom stereocenters. The minimum Gasteiger partial charge on any atom is -0.495 e. The van der Waals surface area contributed by atoms with Gasteiger partial charge in [-0.1, -0.05) is 36.4 Å². The largest absolute Gasteiger partial charge is 0.495 e. The van der Waals surface area contributed by atoms with Gasteiger partial charge in [0.15, 0.2) is 0 Å². The van der Waals surface area contributed by atoms with Gasteiger partial charge in [0.25, 0.3) is 5.91 Å². The molecule has 110 valence electrons. The number of hydrogen-bond acceptors (Lipinski definition) is 3. The van der Waals surface area contributed by atoms with Crippen molar-refractivity contribution in [2.24, 2.45) is 0 Å². The van der Waals surface area contributed by atoms with Crippen LogP contribution in [-0.4, -0.2) is 19.1 Å². The van der Waals surface area contributed by atoms with E-state index < -0.39 is 0 Å². The summed E-state index contributed by atoms with van der Waals surface area (Å²) in [6.45, 7) is 1.97. The molecule has 0 saturated carbocycles. The van der Waals surface area contributed by atoms with Gasteiger partial charge in [0.2, 0.25) is 0 Å². The van der Waals surface area contributed by atoms with Gasteiger partial charge in [-0.15, -0.1) is 0 Å². The lowest BCUT2D eigenvalue weighted by molar-refractivity contribution is 0.0940. The normalized spacial score (nSPS) is 11.7. The number of nitrogens with two attached hydrogens (primary N) is 1. The van der Waals surface area contributed by atoms with Crippen molar-refractivity contribution < 1.29 is 9.53 Å². The van der Waals surface area contributed by atoms with E-state index in [-0.39, 0.29) is 11.9 Å². The van der Waals surface area contributed by atoms with Crippen molar-refractivity contribution in [1.29, 1.82) is 0 Å². The van der Waals surface area contributed by atoms with E-state index in [1.165, 1.54) is 12.7 Å². The number of carbonyl (C=O) groups excluding carboxylic acids is 1. The van der Waals surface area contributed by atoms with Gasteiger partial charge in [-0.05, 0) is 31.0 Å². The highest BCUT2D eigenvalue weighted by atomic mass is 16.5. The Kier molecular flexibility index (Phi) is 4.82. The molecule has 2 rings (SSSR count). The third-order valence-corrected chi connectivity index (χ3v) is 3.29. The predicted octanol–water partition coefficient (Wildman–Crippen LogP) is 2.64. The fourth-order valence-electron chi connectivity index (χ4n) is 2.24. The maximum Gasteiger partial charge on any atom is 0.253 e. The minimum atomic E-state index is -0.185. The van der Waals surface area contributed by atoms with Crippen LogP contribution >= 0.6 is 0 Å². The van der Waals surface area contributed by atoms with Gasteiger partial charge in [0.05, 0.1) is 18.4 Å². The van der Waals surface area contributed by atoms with Crippen LogP contribution in [-0.2, 0) is 6.42 Å². The summed E-state index contributed by atoms with van der Waals surface area (Å²) in [5.74, 6) is 0.327. The van der Waals surface area contributed by atoms with Gasteiger partial charge in [0.1, 0.15) is 5.75 Å². The van der Waals surface area contributed by atoms with Crippen LogP contribution in [0, 0.1) is 0 Å². The van der Waals surface area contributed by atoms with Crippen LogP contribution in [0.5, 0.6) is 5.75 Å². The summed E-state index contributed by atoms with van der Waals surface area (Å²) in [6.07, 6.45) is 0.774. The molecule has 0 aliphatic carbocycles. The van der Waals surface area contributed by atoms with E-state index in [1.54, 1.807) is 18.2 Å². The van der Waals surface area contributed by atoms with Crippen LogP contribution in [0.2, 0.25) is 0 Å². The van der Waals surface area contributed by atoms with Crippen molar-refractivity contribution in [1.82, 2.24) is 5.32 Å². The second-order valence-electron chi connectivity index (χ2n) is 4.99. The Bertz CT molecular complexity index is 611. The Labute approximate surface area is 124 Å². The Morgan fingerprint density at radius 3 is 2.57 bits per heavy atom. The number of benzene rings is 2. The standard InChI is InChI=1S/C17H20N2O2/c1-12(11-13-7-4-3-5-8-13)19-17(20)14-9-6-10-15(21-2)16(14)18/h3-10,12H,11,18H2,1-2H3,(H,19,20). The van der Waals surface area contributed by atoms with E-state index in [1.807, 2.05) is 37.3 Å². The van der Waals surface area contributed by atoms with Crippen LogP contribution in [0.1, 0.15) is 22.8 Å². The molecule has 0 aliphatic rings. The van der Waals surface area contributed by atoms with Gasteiger partial charge in [-0.3, -0.25) is 4.79 Å². The number of nitrogens with one attached hydrogen (secondary N) is 1. The molecular formula is C17H20N2O2. The Hall–Kier alpha value is -2.49. The van der Waals surface area contributed by atoms with Gasteiger partial charge in [0, 0.05) is 6.04 Å². The molecule has 4 nitrogen and oxygen atoms in total. The number of carbonyl (C=O) groups is 1. The molecule has 1 atom stereocenters. The topological polar surface area (TPSA) is 64.3 Å². The van der Waals surface area contributed by atoms with Crippen molar-refractivity contribution in [3.8, 4) is 5.75 Å². The quantitative estimate of drug-likeness (QED) is 0.830. The molecule has 2 aromatic rings. The highest BCUT2D eigenvalue weighted by Crippen LogP contribution is 2.24. The lowest BCUT2D eigenvalue weighted by Gasteiger charge is -2.15. The minimum absolute atomic E-state index is 0.0190. The number of anilines is 1. The van der Waals surface area contributed by atoms with Gasteiger partial charge in [-0.25, -0.2) is 0 Å². The maximum absolute atomic E-state index is 12.3. The third-order valence-electron chi connectivity index (χ3n) is 3.29. The van der Waals surface area contributed by atoms with Crippen molar-refractivity contribution in [2.45, 2.75) is 19.4 Å². The smallest absolute Gasteiger partial charge is 0.253 e. The molecule has 21 heavy (non-hydrogen) atoms. The Morgan fingerprint density at radius 1 is 1.19 bits per heavy atom. The summed E-state index contributed by atoms with van der Waals surface area (Å²) < 4.78 is 5.13. The van der Waals surface area contributed by atoms with Crippen LogP contribution < -0.4 is 15.8 Å². The van der Waals surface area contributed by atoms with Gasteiger partial charge in [-0.2, -0.15) is 0 Å². The maximum atomic E-state index is 12.3. The van der Waals surface area contributed by atoms with E-state index >= 15 is 0 Å². The monoisotopic (exact) mass is 284 g/mol. The molecule has 4 heteroatoms. The summed E-state index contributed by atoms with van der Waals surface area (Å²) in [6, 6.07) is 15.3. The summed E-state index contributed by atoms with van der Waals surface area (Å²) in [4.78, 5) is 12.3. The molecule has 2 aromatic carbocycles. The molecule has 0 saturated heterocycles. The number of ether oxygens (including phenoxy) is 1. The van der Waals surface area contributed by atoms with Crippen molar-refractivity contribution >= 4 is 11.6 Å². The second kappa shape index (κ2) is 6.79. The molecule has 0 aliphatic heterocycles. The number of rotatable bonds is 5. The molecule has 1 amide bonds. The summed E-state index contributed by atoms with van der Waals surface area (Å²) >= 11 is 0. The zero-order chi connectivity index (χ0) is 15.2. The fourth-order valence-corrected chi connectivity index (χ4v) is 2.24. The van der Waals surface area contributed by atoms with Crippen molar-refractivity contribution in [2.75, 3.05) is 12.8 Å². The molecule has 0 fully saturated rings. The average Bonchev–Trinajstić information content (AvgIpc) is 2.48.